The van der Waals surface area contributed by atoms with Crippen molar-refractivity contribution in [2.75, 3.05) is 0 Å². The Hall–Kier alpha value is -3.08. The van der Waals surface area contributed by atoms with Gasteiger partial charge in [-0.2, -0.15) is 0 Å². The second-order valence-corrected chi connectivity index (χ2v) is 6.71. The van der Waals surface area contributed by atoms with Gasteiger partial charge >= 0.3 is 0 Å². The summed E-state index contributed by atoms with van der Waals surface area (Å²) in [7, 11) is 1.98. The lowest BCUT2D eigenvalue weighted by molar-refractivity contribution is 0.922. The summed E-state index contributed by atoms with van der Waals surface area (Å²) in [6.07, 6.45) is 9.96. The van der Waals surface area contributed by atoms with Gasteiger partial charge in [0.15, 0.2) is 0 Å². The van der Waals surface area contributed by atoms with Gasteiger partial charge in [0.2, 0.25) is 0 Å². The van der Waals surface area contributed by atoms with Crippen LogP contribution < -0.4 is 5.56 Å². The van der Waals surface area contributed by atoms with Crippen LogP contribution in [0.1, 0.15) is 24.3 Å². The molecule has 0 radical (unpaired) electrons. The van der Waals surface area contributed by atoms with Gasteiger partial charge < -0.3 is 9.55 Å². The summed E-state index contributed by atoms with van der Waals surface area (Å²) in [4.78, 5) is 20.6. The Kier molecular flexibility index (Phi) is 2.98. The largest absolute Gasteiger partial charge is 0.356 e. The third-order valence-electron chi connectivity index (χ3n) is 5.01. The van der Waals surface area contributed by atoms with Crippen LogP contribution in [0.3, 0.4) is 0 Å². The molecule has 25 heavy (non-hydrogen) atoms. The number of aromatic nitrogens is 4. The topological polar surface area (TPSA) is 55.6 Å². The van der Waals surface area contributed by atoms with Crippen molar-refractivity contribution >= 4 is 10.9 Å². The summed E-state index contributed by atoms with van der Waals surface area (Å²) in [5.74, 6) is 0.529. The highest BCUT2D eigenvalue weighted by atomic mass is 16.1. The summed E-state index contributed by atoms with van der Waals surface area (Å²) in [6, 6.07) is 9.81. The van der Waals surface area contributed by atoms with E-state index in [0.717, 1.165) is 22.3 Å². The van der Waals surface area contributed by atoms with E-state index in [9.17, 15) is 4.79 Å². The highest BCUT2D eigenvalue weighted by Gasteiger charge is 2.29. The van der Waals surface area contributed by atoms with Gasteiger partial charge in [0.1, 0.15) is 5.52 Å². The molecule has 0 atom stereocenters. The number of hydrogen-bond acceptors (Lipinski definition) is 2. The summed E-state index contributed by atoms with van der Waals surface area (Å²) >= 11 is 0. The minimum atomic E-state index is -0.0148. The van der Waals surface area contributed by atoms with Crippen molar-refractivity contribution in [3.8, 4) is 16.9 Å². The predicted octanol–water partition coefficient (Wildman–Crippen LogP) is 3.60. The average molecular weight is 330 g/mol. The first-order chi connectivity index (χ1) is 12.2. The van der Waals surface area contributed by atoms with Crippen LogP contribution in [0.4, 0.5) is 0 Å². The lowest BCUT2D eigenvalue weighted by atomic mass is 10.0. The highest BCUT2D eigenvalue weighted by Crippen LogP contribution is 2.45. The van der Waals surface area contributed by atoms with Crippen LogP contribution in [-0.2, 0) is 7.05 Å². The smallest absolute Gasteiger partial charge is 0.279 e. The maximum atomic E-state index is 13.1. The first kappa shape index (κ1) is 14.3. The second kappa shape index (κ2) is 5.21. The van der Waals surface area contributed by atoms with Crippen LogP contribution in [0, 0.1) is 0 Å². The maximum absolute atomic E-state index is 13.1. The maximum Gasteiger partial charge on any atom is 0.279 e. The molecular weight excluding hydrogens is 312 g/mol. The molecule has 5 nitrogen and oxygen atoms in total. The fourth-order valence-corrected chi connectivity index (χ4v) is 3.58. The molecule has 0 unspecified atom stereocenters. The number of hydrogen-bond donors (Lipinski definition) is 1. The van der Waals surface area contributed by atoms with Crippen molar-refractivity contribution in [3.63, 3.8) is 0 Å². The third-order valence-corrected chi connectivity index (χ3v) is 5.01. The molecule has 3 aromatic heterocycles. The predicted molar refractivity (Wildman–Crippen MR) is 98.1 cm³/mol. The summed E-state index contributed by atoms with van der Waals surface area (Å²) in [6.45, 7) is 0. The molecule has 0 amide bonds. The molecule has 0 saturated heterocycles. The van der Waals surface area contributed by atoms with Gasteiger partial charge in [0, 0.05) is 36.1 Å². The second-order valence-electron chi connectivity index (χ2n) is 6.71. The Morgan fingerprint density at radius 1 is 1.20 bits per heavy atom. The van der Waals surface area contributed by atoms with Crippen molar-refractivity contribution in [1.82, 2.24) is 19.1 Å². The van der Waals surface area contributed by atoms with Gasteiger partial charge in [-0.05, 0) is 36.5 Å². The van der Waals surface area contributed by atoms with Crippen LogP contribution in [0.25, 0.3) is 27.8 Å². The molecule has 1 saturated carbocycles. The zero-order valence-electron chi connectivity index (χ0n) is 13.9. The number of aromatic amines is 1. The monoisotopic (exact) mass is 330 g/mol. The van der Waals surface area contributed by atoms with Crippen molar-refractivity contribution in [2.24, 2.45) is 7.05 Å². The molecule has 4 aromatic rings. The Morgan fingerprint density at radius 2 is 2.00 bits per heavy atom. The standard InChI is InChI=1S/C20H18N4O/c1-23-12-21-10-17(23)15-9-22-19-18(15)16(13-7-8-13)11-24(20(19)25)14-5-3-2-4-6-14/h2-6,9-13,22H,7-8H2,1H3. The Balaban J connectivity index is 1.84. The van der Waals surface area contributed by atoms with E-state index in [4.69, 9.17) is 0 Å². The molecule has 5 rings (SSSR count). The molecule has 1 N–H and O–H groups in total. The van der Waals surface area contributed by atoms with Gasteiger partial charge in [-0.3, -0.25) is 9.36 Å². The number of fused-ring (bicyclic) bond motifs is 1. The number of nitrogens with one attached hydrogen (secondary N) is 1. The molecule has 124 valence electrons. The van der Waals surface area contributed by atoms with Crippen LogP contribution >= 0.6 is 0 Å². The highest BCUT2D eigenvalue weighted by molar-refractivity contribution is 5.97. The van der Waals surface area contributed by atoms with Gasteiger partial charge in [-0.1, -0.05) is 18.2 Å². The van der Waals surface area contributed by atoms with Crippen LogP contribution in [0.15, 0.2) is 60.0 Å². The molecule has 0 spiro atoms. The van der Waals surface area contributed by atoms with Gasteiger partial charge in [-0.15, -0.1) is 0 Å². The molecule has 0 aliphatic heterocycles. The van der Waals surface area contributed by atoms with Gasteiger partial charge in [-0.25, -0.2) is 4.98 Å². The van der Waals surface area contributed by atoms with Crippen LogP contribution in [0.2, 0.25) is 0 Å². The number of benzene rings is 1. The van der Waals surface area contributed by atoms with E-state index in [0.29, 0.717) is 11.4 Å². The van der Waals surface area contributed by atoms with E-state index in [1.807, 2.05) is 60.5 Å². The number of rotatable bonds is 3. The molecule has 1 aliphatic carbocycles. The number of aryl methyl sites for hydroxylation is 1. The molecule has 1 fully saturated rings. The van der Waals surface area contributed by atoms with E-state index >= 15 is 0 Å². The van der Waals surface area contributed by atoms with Crippen molar-refractivity contribution < 1.29 is 0 Å². The average Bonchev–Trinajstić information content (AvgIpc) is 3.24. The Morgan fingerprint density at radius 3 is 2.68 bits per heavy atom. The van der Waals surface area contributed by atoms with E-state index < -0.39 is 0 Å². The van der Waals surface area contributed by atoms with E-state index in [1.54, 1.807) is 10.9 Å². The van der Waals surface area contributed by atoms with Crippen molar-refractivity contribution in [1.29, 1.82) is 0 Å². The lowest BCUT2D eigenvalue weighted by Crippen LogP contribution is -2.19. The normalized spacial score (nSPS) is 14.3. The Bertz CT molecular complexity index is 1130. The SMILES string of the molecule is Cn1cncc1-c1c[nH]c2c(=O)n(-c3ccccc3)cc(C3CC3)c12. The van der Waals surface area contributed by atoms with Gasteiger partial charge in [0.25, 0.3) is 5.56 Å². The van der Waals surface area contributed by atoms with E-state index in [-0.39, 0.29) is 5.56 Å². The van der Waals surface area contributed by atoms with Crippen LogP contribution in [0.5, 0.6) is 0 Å². The fraction of sp³-hybridized carbons (Fsp3) is 0.200. The zero-order chi connectivity index (χ0) is 17.0. The summed E-state index contributed by atoms with van der Waals surface area (Å²) in [5, 5.41) is 1.04. The van der Waals surface area contributed by atoms with E-state index in [1.165, 1.54) is 18.4 Å². The quantitative estimate of drug-likeness (QED) is 0.624. The van der Waals surface area contributed by atoms with Crippen molar-refractivity contribution in [2.45, 2.75) is 18.8 Å². The number of para-hydroxylation sites is 1. The molecule has 1 aliphatic rings. The molecule has 1 aromatic carbocycles. The van der Waals surface area contributed by atoms with Crippen LogP contribution in [-0.4, -0.2) is 19.1 Å². The van der Waals surface area contributed by atoms with Crippen molar-refractivity contribution in [3.05, 3.63) is 71.2 Å². The number of pyridine rings is 1. The first-order valence-corrected chi connectivity index (χ1v) is 8.53. The fourth-order valence-electron chi connectivity index (χ4n) is 3.58. The molecule has 3 heterocycles. The minimum absolute atomic E-state index is 0.0148. The molecule has 5 heteroatoms. The van der Waals surface area contributed by atoms with Gasteiger partial charge in [0.05, 0.1) is 18.2 Å². The summed E-state index contributed by atoms with van der Waals surface area (Å²) in [5.41, 5.74) is 4.87. The number of imidazole rings is 1. The lowest BCUT2D eigenvalue weighted by Gasteiger charge is -2.11. The number of H-pyrrole nitrogens is 1. The minimum Gasteiger partial charge on any atom is -0.356 e. The molecule has 0 bridgehead atoms. The number of nitrogens with zero attached hydrogens (tertiary/aromatic N) is 3. The Labute approximate surface area is 144 Å². The zero-order valence-corrected chi connectivity index (χ0v) is 13.9. The third kappa shape index (κ3) is 2.16. The first-order valence-electron chi connectivity index (χ1n) is 8.53. The van der Waals surface area contributed by atoms with E-state index in [2.05, 4.69) is 9.97 Å². The summed E-state index contributed by atoms with van der Waals surface area (Å²) < 4.78 is 3.75. The molecular formula is C20H18N4O.